The van der Waals surface area contributed by atoms with E-state index in [0.717, 1.165) is 22.3 Å². The van der Waals surface area contributed by atoms with Crippen molar-refractivity contribution < 1.29 is 52.2 Å². The van der Waals surface area contributed by atoms with Gasteiger partial charge in [-0.1, -0.05) is 96.6 Å². The first-order valence-corrected chi connectivity index (χ1v) is 20.7. The van der Waals surface area contributed by atoms with Gasteiger partial charge >= 0.3 is 0 Å². The predicted molar refractivity (Wildman–Crippen MR) is 214 cm³/mol. The number of allylic oxidation sites excluding steroid dienone is 2. The van der Waals surface area contributed by atoms with Gasteiger partial charge < -0.3 is 47.4 Å². The van der Waals surface area contributed by atoms with Gasteiger partial charge in [-0.05, 0) is 65.2 Å². The summed E-state index contributed by atoms with van der Waals surface area (Å²) in [6.45, 7) is 14.2. The molecule has 4 fully saturated rings. The molecule has 4 aliphatic rings. The number of benzene rings is 3. The van der Waals surface area contributed by atoms with E-state index in [1.165, 1.54) is 11.8 Å². The van der Waals surface area contributed by atoms with Gasteiger partial charge in [0.25, 0.3) is 0 Å². The lowest BCUT2D eigenvalue weighted by Gasteiger charge is -2.46. The number of ether oxygens (including phenoxy) is 10. The predicted octanol–water partition coefficient (Wildman–Crippen LogP) is 7.50. The second kappa shape index (κ2) is 18.5. The van der Waals surface area contributed by atoms with Crippen LogP contribution in [-0.4, -0.2) is 91.1 Å². The lowest BCUT2D eigenvalue weighted by atomic mass is 9.99. The lowest BCUT2D eigenvalue weighted by molar-refractivity contribution is -0.293. The van der Waals surface area contributed by atoms with Crippen LogP contribution in [0.5, 0.6) is 0 Å². The van der Waals surface area contributed by atoms with E-state index in [0.29, 0.717) is 24.7 Å². The van der Waals surface area contributed by atoms with Crippen molar-refractivity contribution in [1.82, 2.24) is 0 Å². The maximum absolute atomic E-state index is 13.2. The molecule has 0 radical (unpaired) electrons. The van der Waals surface area contributed by atoms with E-state index >= 15 is 0 Å². The molecule has 0 aliphatic carbocycles. The third kappa shape index (κ3) is 10.6. The largest absolute Gasteiger partial charge is 0.374 e. The molecule has 308 valence electrons. The van der Waals surface area contributed by atoms with Crippen LogP contribution in [0.4, 0.5) is 0 Å². The summed E-state index contributed by atoms with van der Waals surface area (Å²) in [5.41, 5.74) is 3.92. The summed E-state index contributed by atoms with van der Waals surface area (Å²) in [4.78, 5) is 13.8. The maximum atomic E-state index is 13.2. The smallest absolute Gasteiger partial charge is 0.190 e. The van der Waals surface area contributed by atoms with E-state index in [-0.39, 0.29) is 19.0 Å². The molecule has 11 nitrogen and oxygen atoms in total. The number of carbonyl (C=O) groups is 1. The standard InChI is InChI=1S/C45H56O11S/c1-28(2)40(29(3)46)57-41-38(49-25-32-21-15-10-16-22-32)35(48-24-31-19-13-9-14-20-31)33(26-47-23-30-17-11-8-12-18-30)52-43(41)50-27-34-36-37(54-44(4,5)53-36)39-42(51-34)56-45(6,7)55-39/h8-22,33-39,41-43H,23-27H2,1-7H3/t33-,34-,35+,36+,37+,38+,39-,41-,42-,43+/m1/s1. The van der Waals surface area contributed by atoms with Crippen molar-refractivity contribution in [3.05, 3.63) is 118 Å². The molecule has 0 N–H and O–H groups in total. The number of ketones is 1. The van der Waals surface area contributed by atoms with Crippen LogP contribution in [0.15, 0.2) is 101 Å². The molecule has 4 heterocycles. The molecule has 3 aromatic carbocycles. The van der Waals surface area contributed by atoms with Crippen molar-refractivity contribution in [2.45, 2.75) is 140 Å². The van der Waals surface area contributed by atoms with Crippen molar-refractivity contribution in [3.63, 3.8) is 0 Å². The van der Waals surface area contributed by atoms with Crippen molar-refractivity contribution in [3.8, 4) is 0 Å². The van der Waals surface area contributed by atoms with Crippen molar-refractivity contribution in [2.75, 3.05) is 13.2 Å². The lowest BCUT2D eigenvalue weighted by Crippen LogP contribution is -2.61. The molecule has 0 bridgehead atoms. The van der Waals surface area contributed by atoms with E-state index < -0.39 is 72.1 Å². The second-order valence-corrected chi connectivity index (χ2v) is 17.3. The fourth-order valence-electron chi connectivity index (χ4n) is 7.77. The molecule has 57 heavy (non-hydrogen) atoms. The molecule has 7 rings (SSSR count). The first kappa shape index (κ1) is 42.2. The third-order valence-electron chi connectivity index (χ3n) is 10.3. The van der Waals surface area contributed by atoms with Gasteiger partial charge in [-0.2, -0.15) is 0 Å². The molecule has 4 aliphatic heterocycles. The number of hydrogen-bond donors (Lipinski definition) is 0. The average Bonchev–Trinajstić information content (AvgIpc) is 3.69. The zero-order valence-electron chi connectivity index (χ0n) is 33.9. The SMILES string of the molecule is CC(=O)C(S[C@H]1[C@@H](OC[C@H]2O[C@@H]3OC(C)(C)O[C@@H]3[C@H]3OC(C)(C)O[C@H]32)O[C@H](COCc2ccccc2)[C@H](OCc2ccccc2)[C@@H]1OCc1ccccc1)=C(C)C. The molecule has 0 spiro atoms. The van der Waals surface area contributed by atoms with Crippen molar-refractivity contribution in [2.24, 2.45) is 0 Å². The Morgan fingerprint density at radius 3 is 1.70 bits per heavy atom. The van der Waals surface area contributed by atoms with E-state index in [4.69, 9.17) is 47.4 Å². The van der Waals surface area contributed by atoms with Crippen molar-refractivity contribution >= 4 is 17.5 Å². The molecular weight excluding hydrogens is 749 g/mol. The van der Waals surface area contributed by atoms with Gasteiger partial charge in [0.15, 0.2) is 29.9 Å². The Balaban J connectivity index is 1.21. The van der Waals surface area contributed by atoms with Crippen LogP contribution in [0, 0.1) is 0 Å². The average molecular weight is 805 g/mol. The number of thioether (sulfide) groups is 1. The van der Waals surface area contributed by atoms with Gasteiger partial charge in [-0.3, -0.25) is 4.79 Å². The highest BCUT2D eigenvalue weighted by Crippen LogP contribution is 2.45. The number of hydrogen-bond acceptors (Lipinski definition) is 12. The van der Waals surface area contributed by atoms with Gasteiger partial charge in [0, 0.05) is 4.91 Å². The molecule has 0 unspecified atom stereocenters. The minimum atomic E-state index is -0.890. The number of carbonyl (C=O) groups excluding carboxylic acids is 1. The van der Waals surface area contributed by atoms with Crippen LogP contribution < -0.4 is 0 Å². The first-order valence-electron chi connectivity index (χ1n) is 19.8. The summed E-state index contributed by atoms with van der Waals surface area (Å²) < 4.78 is 65.6. The van der Waals surface area contributed by atoms with Gasteiger partial charge in [-0.25, -0.2) is 0 Å². The summed E-state index contributed by atoms with van der Waals surface area (Å²) in [6, 6.07) is 30.0. The monoisotopic (exact) mass is 804 g/mol. The first-order chi connectivity index (χ1) is 27.4. The molecule has 10 atom stereocenters. The third-order valence-corrected chi connectivity index (χ3v) is 12.0. The summed E-state index contributed by atoms with van der Waals surface area (Å²) in [7, 11) is 0. The van der Waals surface area contributed by atoms with Crippen LogP contribution in [0.1, 0.15) is 65.2 Å². The Labute approximate surface area is 340 Å². The van der Waals surface area contributed by atoms with Crippen LogP contribution in [0.25, 0.3) is 0 Å². The fraction of sp³-hybridized carbons (Fsp3) is 0.533. The van der Waals surface area contributed by atoms with Crippen LogP contribution in [0.2, 0.25) is 0 Å². The minimum absolute atomic E-state index is 0.0557. The molecule has 0 aromatic heterocycles. The van der Waals surface area contributed by atoms with E-state index in [2.05, 4.69) is 0 Å². The van der Waals surface area contributed by atoms with E-state index in [1.807, 2.05) is 133 Å². The zero-order valence-corrected chi connectivity index (χ0v) is 34.7. The highest BCUT2D eigenvalue weighted by atomic mass is 32.2. The molecule has 4 saturated heterocycles. The highest BCUT2D eigenvalue weighted by Gasteiger charge is 2.61. The number of rotatable bonds is 16. The Bertz CT molecular complexity index is 1780. The van der Waals surface area contributed by atoms with Crippen LogP contribution in [0.3, 0.4) is 0 Å². The summed E-state index contributed by atoms with van der Waals surface area (Å²) in [5, 5.41) is -0.553. The summed E-state index contributed by atoms with van der Waals surface area (Å²) in [5.74, 6) is -1.79. The molecule has 12 heteroatoms. The topological polar surface area (TPSA) is 109 Å². The van der Waals surface area contributed by atoms with Gasteiger partial charge in [0.1, 0.15) is 42.7 Å². The Morgan fingerprint density at radius 2 is 1.12 bits per heavy atom. The number of Topliss-reactive ketones (excluding diaryl/α,β-unsaturated/α-hetero) is 1. The van der Waals surface area contributed by atoms with Crippen LogP contribution in [-0.2, 0) is 72.0 Å². The van der Waals surface area contributed by atoms with Gasteiger partial charge in [0.2, 0.25) is 0 Å². The minimum Gasteiger partial charge on any atom is -0.374 e. The highest BCUT2D eigenvalue weighted by molar-refractivity contribution is 8.04. The molecule has 0 saturated carbocycles. The Hall–Kier alpha value is -2.98. The van der Waals surface area contributed by atoms with E-state index in [9.17, 15) is 4.79 Å². The maximum Gasteiger partial charge on any atom is 0.190 e. The zero-order chi connectivity index (χ0) is 40.2. The summed E-state index contributed by atoms with van der Waals surface area (Å²) >= 11 is 1.40. The molecule has 0 amide bonds. The van der Waals surface area contributed by atoms with Gasteiger partial charge in [0.05, 0.1) is 38.3 Å². The number of fused-ring (bicyclic) bond motifs is 3. The van der Waals surface area contributed by atoms with Crippen molar-refractivity contribution in [1.29, 1.82) is 0 Å². The quantitative estimate of drug-likeness (QED) is 0.134. The second-order valence-electron chi connectivity index (χ2n) is 16.1. The summed E-state index contributed by atoms with van der Waals surface area (Å²) in [6.07, 6.45) is -5.43. The molecular formula is C45H56O11S. The Kier molecular flexibility index (Phi) is 13.7. The fourth-order valence-corrected chi connectivity index (χ4v) is 9.07. The Morgan fingerprint density at radius 1 is 0.596 bits per heavy atom. The van der Waals surface area contributed by atoms with Gasteiger partial charge in [-0.15, -0.1) is 11.8 Å². The van der Waals surface area contributed by atoms with E-state index in [1.54, 1.807) is 6.92 Å². The normalized spacial score (nSPS) is 31.4. The van der Waals surface area contributed by atoms with Crippen LogP contribution >= 0.6 is 11.8 Å². The molecule has 3 aromatic rings.